The number of ether oxygens (including phenoxy) is 1. The van der Waals surface area contributed by atoms with E-state index in [1.165, 1.54) is 0 Å². The van der Waals surface area contributed by atoms with Crippen molar-refractivity contribution in [2.75, 3.05) is 44.2 Å². The van der Waals surface area contributed by atoms with Gasteiger partial charge in [0.1, 0.15) is 5.82 Å². The van der Waals surface area contributed by atoms with E-state index in [0.717, 1.165) is 19.4 Å². The summed E-state index contributed by atoms with van der Waals surface area (Å²) in [5.41, 5.74) is 0.568. The summed E-state index contributed by atoms with van der Waals surface area (Å²) in [5, 5.41) is 2.98. The minimum atomic E-state index is -0.121. The predicted octanol–water partition coefficient (Wildman–Crippen LogP) is 2.08. The molecule has 0 aromatic carbocycles. The van der Waals surface area contributed by atoms with E-state index in [1.54, 1.807) is 12.3 Å². The molecule has 7 nitrogen and oxygen atoms in total. The third kappa shape index (κ3) is 5.44. The second-order valence-corrected chi connectivity index (χ2v) is 8.82. The first-order valence-electron chi connectivity index (χ1n) is 10.2. The summed E-state index contributed by atoms with van der Waals surface area (Å²) < 4.78 is 5.58. The van der Waals surface area contributed by atoms with Crippen LogP contribution in [0, 0.1) is 5.41 Å². The molecule has 28 heavy (non-hydrogen) atoms. The van der Waals surface area contributed by atoms with Gasteiger partial charge in [0.25, 0.3) is 5.91 Å². The third-order valence-corrected chi connectivity index (χ3v) is 5.16. The molecule has 0 aliphatic carbocycles. The largest absolute Gasteiger partial charge is 0.376 e. The lowest BCUT2D eigenvalue weighted by Crippen LogP contribution is -2.50. The van der Waals surface area contributed by atoms with E-state index < -0.39 is 0 Å². The van der Waals surface area contributed by atoms with Gasteiger partial charge in [0.05, 0.1) is 11.7 Å². The van der Waals surface area contributed by atoms with Crippen LogP contribution in [-0.2, 0) is 9.53 Å². The predicted molar refractivity (Wildman–Crippen MR) is 108 cm³/mol. The highest BCUT2D eigenvalue weighted by atomic mass is 16.5. The fraction of sp³-hybridized carbons (Fsp3) is 0.667. The van der Waals surface area contributed by atoms with Crippen molar-refractivity contribution < 1.29 is 14.3 Å². The number of carbonyl (C=O) groups excluding carboxylic acids is 2. The fourth-order valence-electron chi connectivity index (χ4n) is 3.67. The van der Waals surface area contributed by atoms with Crippen LogP contribution in [0.2, 0.25) is 0 Å². The Balaban J connectivity index is 1.59. The topological polar surface area (TPSA) is 74.8 Å². The standard InChI is InChI=1S/C21H32N4O3/c1-21(2,3)14-18(26)24-9-11-25(12-10-24)19-17(7-4-8-22-19)20(27)23-15-16-6-5-13-28-16/h4,7-8,16H,5-6,9-15H2,1-3H3,(H,23,27)/t16-/m1/s1. The Bertz CT molecular complexity index is 687. The first-order chi connectivity index (χ1) is 13.3. The van der Waals surface area contributed by atoms with Gasteiger partial charge in [-0.15, -0.1) is 0 Å². The Hall–Kier alpha value is -2.15. The van der Waals surface area contributed by atoms with Crippen LogP contribution in [-0.4, -0.2) is 67.1 Å². The molecule has 2 amide bonds. The SMILES string of the molecule is CC(C)(C)CC(=O)N1CCN(c2ncccc2C(=O)NC[C@H]2CCCO2)CC1. The molecule has 1 aromatic rings. The molecule has 1 atom stereocenters. The summed E-state index contributed by atoms with van der Waals surface area (Å²) in [6.07, 6.45) is 4.42. The van der Waals surface area contributed by atoms with Crippen LogP contribution in [0.4, 0.5) is 5.82 Å². The molecule has 1 aromatic heterocycles. The zero-order chi connectivity index (χ0) is 20.1. The van der Waals surface area contributed by atoms with Crippen LogP contribution >= 0.6 is 0 Å². The van der Waals surface area contributed by atoms with E-state index in [9.17, 15) is 9.59 Å². The summed E-state index contributed by atoms with van der Waals surface area (Å²) in [7, 11) is 0. The lowest BCUT2D eigenvalue weighted by Gasteiger charge is -2.37. The van der Waals surface area contributed by atoms with Crippen molar-refractivity contribution in [1.29, 1.82) is 0 Å². The van der Waals surface area contributed by atoms with Crippen molar-refractivity contribution in [3.05, 3.63) is 23.9 Å². The van der Waals surface area contributed by atoms with E-state index in [2.05, 4.69) is 36.0 Å². The van der Waals surface area contributed by atoms with Gasteiger partial charge in [-0.2, -0.15) is 0 Å². The maximum atomic E-state index is 12.7. The van der Waals surface area contributed by atoms with Gasteiger partial charge in [-0.05, 0) is 30.4 Å². The Labute approximate surface area is 167 Å². The van der Waals surface area contributed by atoms with E-state index in [-0.39, 0.29) is 23.3 Å². The number of piperazine rings is 1. The zero-order valence-corrected chi connectivity index (χ0v) is 17.2. The summed E-state index contributed by atoms with van der Waals surface area (Å²) in [6.45, 7) is 10.2. The minimum absolute atomic E-state index is 0.0104. The van der Waals surface area contributed by atoms with Crippen LogP contribution in [0.3, 0.4) is 0 Å². The summed E-state index contributed by atoms with van der Waals surface area (Å²) >= 11 is 0. The monoisotopic (exact) mass is 388 g/mol. The van der Waals surface area contributed by atoms with E-state index >= 15 is 0 Å². The Kier molecular flexibility index (Phi) is 6.54. The second kappa shape index (κ2) is 8.90. The van der Waals surface area contributed by atoms with Crippen molar-refractivity contribution >= 4 is 17.6 Å². The van der Waals surface area contributed by atoms with Crippen molar-refractivity contribution in [1.82, 2.24) is 15.2 Å². The highest BCUT2D eigenvalue weighted by molar-refractivity contribution is 5.99. The van der Waals surface area contributed by atoms with Gasteiger partial charge in [-0.1, -0.05) is 20.8 Å². The summed E-state index contributed by atoms with van der Waals surface area (Å²) in [6, 6.07) is 3.60. The van der Waals surface area contributed by atoms with Gasteiger partial charge < -0.3 is 19.9 Å². The molecule has 0 unspecified atom stereocenters. The third-order valence-electron chi connectivity index (χ3n) is 5.16. The number of anilines is 1. The van der Waals surface area contributed by atoms with Crippen LogP contribution in [0.25, 0.3) is 0 Å². The molecule has 0 radical (unpaired) electrons. The van der Waals surface area contributed by atoms with Gasteiger partial charge in [-0.25, -0.2) is 4.98 Å². The lowest BCUT2D eigenvalue weighted by atomic mass is 9.91. The molecular formula is C21H32N4O3. The van der Waals surface area contributed by atoms with E-state index in [1.807, 2.05) is 11.0 Å². The number of rotatable bonds is 5. The smallest absolute Gasteiger partial charge is 0.255 e. The number of carbonyl (C=O) groups is 2. The minimum Gasteiger partial charge on any atom is -0.376 e. The number of nitrogens with zero attached hydrogens (tertiary/aromatic N) is 3. The van der Waals surface area contributed by atoms with Gasteiger partial charge >= 0.3 is 0 Å². The van der Waals surface area contributed by atoms with Crippen LogP contribution < -0.4 is 10.2 Å². The molecule has 3 heterocycles. The molecule has 154 valence electrons. The molecule has 0 spiro atoms. The molecule has 0 bridgehead atoms. The normalized spacial score (nSPS) is 20.3. The Morgan fingerprint density at radius 3 is 2.64 bits per heavy atom. The molecule has 2 aliphatic heterocycles. The number of aromatic nitrogens is 1. The lowest BCUT2D eigenvalue weighted by molar-refractivity contribution is -0.133. The number of hydrogen-bond donors (Lipinski definition) is 1. The van der Waals surface area contributed by atoms with Crippen LogP contribution in [0.15, 0.2) is 18.3 Å². The molecule has 3 rings (SSSR count). The first-order valence-corrected chi connectivity index (χ1v) is 10.2. The van der Waals surface area contributed by atoms with Crippen molar-refractivity contribution in [3.8, 4) is 0 Å². The molecular weight excluding hydrogens is 356 g/mol. The van der Waals surface area contributed by atoms with Gasteiger partial charge in [0, 0.05) is 51.9 Å². The van der Waals surface area contributed by atoms with Crippen molar-refractivity contribution in [2.45, 2.75) is 46.1 Å². The molecule has 0 saturated carbocycles. The molecule has 2 saturated heterocycles. The molecule has 7 heteroatoms. The number of amides is 2. The van der Waals surface area contributed by atoms with Crippen LogP contribution in [0.5, 0.6) is 0 Å². The number of pyridine rings is 1. The second-order valence-electron chi connectivity index (χ2n) is 8.82. The molecule has 1 N–H and O–H groups in total. The van der Waals surface area contributed by atoms with Crippen LogP contribution in [0.1, 0.15) is 50.4 Å². The zero-order valence-electron chi connectivity index (χ0n) is 17.2. The molecule has 2 fully saturated rings. The number of nitrogens with one attached hydrogen (secondary N) is 1. The highest BCUT2D eigenvalue weighted by Crippen LogP contribution is 2.23. The van der Waals surface area contributed by atoms with E-state index in [0.29, 0.717) is 50.5 Å². The van der Waals surface area contributed by atoms with Crippen molar-refractivity contribution in [2.24, 2.45) is 5.41 Å². The quantitative estimate of drug-likeness (QED) is 0.836. The van der Waals surface area contributed by atoms with E-state index in [4.69, 9.17) is 4.74 Å². The average molecular weight is 389 g/mol. The average Bonchev–Trinajstić information content (AvgIpc) is 3.18. The summed E-state index contributed by atoms with van der Waals surface area (Å²) in [5.74, 6) is 0.766. The maximum Gasteiger partial charge on any atom is 0.255 e. The van der Waals surface area contributed by atoms with Gasteiger partial charge in [0.2, 0.25) is 5.91 Å². The van der Waals surface area contributed by atoms with Gasteiger partial charge in [-0.3, -0.25) is 9.59 Å². The van der Waals surface area contributed by atoms with Crippen molar-refractivity contribution in [3.63, 3.8) is 0 Å². The molecule has 2 aliphatic rings. The fourth-order valence-corrected chi connectivity index (χ4v) is 3.67. The first kappa shape index (κ1) is 20.6. The summed E-state index contributed by atoms with van der Waals surface area (Å²) in [4.78, 5) is 33.6. The van der Waals surface area contributed by atoms with Gasteiger partial charge in [0.15, 0.2) is 0 Å². The maximum absolute atomic E-state index is 12.7. The highest BCUT2D eigenvalue weighted by Gasteiger charge is 2.27. The Morgan fingerprint density at radius 1 is 1.25 bits per heavy atom. The Morgan fingerprint density at radius 2 is 2.00 bits per heavy atom. The number of hydrogen-bond acceptors (Lipinski definition) is 5.